The molecule has 0 spiro atoms. The number of rotatable bonds is 10. The van der Waals surface area contributed by atoms with Gasteiger partial charge in [0.15, 0.2) is 5.58 Å². The minimum Gasteiger partial charge on any atom is -0.454 e. The summed E-state index contributed by atoms with van der Waals surface area (Å²) in [7, 11) is 0. The number of anilines is 6. The number of nitrogens with zero attached hydrogens (tertiary/aromatic N) is 2. The van der Waals surface area contributed by atoms with Gasteiger partial charge in [-0.2, -0.15) is 0 Å². The molecule has 3 nitrogen and oxygen atoms in total. The predicted molar refractivity (Wildman–Crippen MR) is 282 cm³/mol. The van der Waals surface area contributed by atoms with Crippen molar-refractivity contribution in [2.75, 3.05) is 9.80 Å². The van der Waals surface area contributed by atoms with Crippen LogP contribution in [0.1, 0.15) is 0 Å². The summed E-state index contributed by atoms with van der Waals surface area (Å²) in [5.74, 6) is 0. The number of furan rings is 1. The fraction of sp³-hybridized carbons (Fsp3) is 0. The third-order valence-electron chi connectivity index (χ3n) is 12.8. The molecule has 0 saturated heterocycles. The van der Waals surface area contributed by atoms with E-state index in [0.717, 1.165) is 78.3 Å². The zero-order valence-electron chi connectivity index (χ0n) is 36.7. The van der Waals surface area contributed by atoms with Gasteiger partial charge in [0.1, 0.15) is 5.58 Å². The predicted octanol–water partition coefficient (Wildman–Crippen LogP) is 18.3. The summed E-state index contributed by atoms with van der Waals surface area (Å²) in [6, 6.07) is 95.6. The van der Waals surface area contributed by atoms with Crippen molar-refractivity contribution in [3.63, 3.8) is 0 Å². The Kier molecular flexibility index (Phi) is 10.2. The molecule has 0 aliphatic carbocycles. The fourth-order valence-electron chi connectivity index (χ4n) is 9.61. The summed E-state index contributed by atoms with van der Waals surface area (Å²) < 4.78 is 6.80. The smallest absolute Gasteiger partial charge is 0.159 e. The molecule has 1 aromatic heterocycles. The SMILES string of the molecule is c1ccc(-c2ccc(N(c3ccc4cc(-c5ccccc5)ccc4c3)c3ccccc3-c3ccccc3N(c3cccc(-c4ccccc4)c3)c3cccc4c3oc3ccccc34)cc2)cc1. The van der Waals surface area contributed by atoms with Crippen molar-refractivity contribution in [3.8, 4) is 44.5 Å². The van der Waals surface area contributed by atoms with E-state index in [0.29, 0.717) is 0 Å². The van der Waals surface area contributed by atoms with Crippen LogP contribution in [-0.2, 0) is 0 Å². The number of benzene rings is 11. The first-order valence-corrected chi connectivity index (χ1v) is 22.8. The van der Waals surface area contributed by atoms with Gasteiger partial charge in [0.05, 0.1) is 17.1 Å². The summed E-state index contributed by atoms with van der Waals surface area (Å²) in [5, 5.41) is 4.53. The third kappa shape index (κ3) is 7.49. The van der Waals surface area contributed by atoms with E-state index in [2.05, 4.69) is 271 Å². The second-order valence-electron chi connectivity index (χ2n) is 16.9. The number of fused-ring (bicyclic) bond motifs is 4. The van der Waals surface area contributed by atoms with Crippen LogP contribution in [0.3, 0.4) is 0 Å². The average Bonchev–Trinajstić information content (AvgIpc) is 3.80. The Hall–Kier alpha value is -8.92. The number of hydrogen-bond acceptors (Lipinski definition) is 3. The van der Waals surface area contributed by atoms with E-state index in [-0.39, 0.29) is 0 Å². The molecular formula is C64H44N2O. The molecule has 0 aliphatic rings. The van der Waals surface area contributed by atoms with Gasteiger partial charge in [-0.3, -0.25) is 0 Å². The van der Waals surface area contributed by atoms with Crippen molar-refractivity contribution in [1.29, 1.82) is 0 Å². The van der Waals surface area contributed by atoms with Crippen molar-refractivity contribution in [1.82, 2.24) is 0 Å². The Morgan fingerprint density at radius 2 is 0.701 bits per heavy atom. The Morgan fingerprint density at radius 1 is 0.254 bits per heavy atom. The monoisotopic (exact) mass is 856 g/mol. The minimum atomic E-state index is 0.837. The lowest BCUT2D eigenvalue weighted by Gasteiger charge is -2.31. The Balaban J connectivity index is 1.06. The van der Waals surface area contributed by atoms with Gasteiger partial charge in [0.25, 0.3) is 0 Å². The van der Waals surface area contributed by atoms with E-state index in [1.54, 1.807) is 0 Å². The van der Waals surface area contributed by atoms with Crippen LogP contribution >= 0.6 is 0 Å². The van der Waals surface area contributed by atoms with E-state index < -0.39 is 0 Å². The standard InChI is InChI=1S/C64H44N2O/c1-4-18-45(19-5-1)48-36-39-53(40-37-48)65(55-41-38-51-42-50(34-35-52(51)44-55)47-22-8-3-9-23-47)60-30-13-10-26-56(60)57-27-11-14-31-61(57)66(54-25-16-24-49(43-54)46-20-6-2-7-21-46)62-32-17-29-59-58-28-12-15-33-63(58)67-64(59)62/h1-44H. The first kappa shape index (κ1) is 39.7. The van der Waals surface area contributed by atoms with Crippen LogP contribution in [-0.4, -0.2) is 0 Å². The summed E-state index contributed by atoms with van der Waals surface area (Å²) in [6.45, 7) is 0. The normalized spacial score (nSPS) is 11.3. The van der Waals surface area contributed by atoms with Crippen LogP contribution in [0, 0.1) is 0 Å². The molecule has 12 aromatic rings. The van der Waals surface area contributed by atoms with Crippen LogP contribution in [0.15, 0.2) is 271 Å². The molecule has 0 radical (unpaired) electrons. The molecule has 3 heteroatoms. The van der Waals surface area contributed by atoms with Crippen molar-refractivity contribution in [3.05, 3.63) is 267 Å². The molecule has 0 unspecified atom stereocenters. The largest absolute Gasteiger partial charge is 0.454 e. The van der Waals surface area contributed by atoms with Crippen LogP contribution in [0.25, 0.3) is 77.2 Å². The molecule has 0 fully saturated rings. The highest BCUT2D eigenvalue weighted by atomic mass is 16.3. The van der Waals surface area contributed by atoms with Gasteiger partial charge < -0.3 is 14.2 Å². The Labute approximate surface area is 390 Å². The maximum absolute atomic E-state index is 6.80. The molecule has 11 aromatic carbocycles. The van der Waals surface area contributed by atoms with Crippen molar-refractivity contribution >= 4 is 66.8 Å². The van der Waals surface area contributed by atoms with Crippen LogP contribution in [0.4, 0.5) is 34.1 Å². The molecule has 0 atom stereocenters. The molecule has 0 bridgehead atoms. The lowest BCUT2D eigenvalue weighted by Crippen LogP contribution is -2.14. The third-order valence-corrected chi connectivity index (χ3v) is 12.8. The molecule has 316 valence electrons. The van der Waals surface area contributed by atoms with Crippen molar-refractivity contribution in [2.45, 2.75) is 0 Å². The van der Waals surface area contributed by atoms with E-state index in [9.17, 15) is 0 Å². The van der Waals surface area contributed by atoms with Gasteiger partial charge in [-0.25, -0.2) is 0 Å². The van der Waals surface area contributed by atoms with Gasteiger partial charge in [0.2, 0.25) is 0 Å². The first-order valence-electron chi connectivity index (χ1n) is 22.8. The van der Waals surface area contributed by atoms with Crippen LogP contribution in [0.5, 0.6) is 0 Å². The number of para-hydroxylation sites is 4. The summed E-state index contributed by atoms with van der Waals surface area (Å²) in [6.07, 6.45) is 0. The van der Waals surface area contributed by atoms with E-state index in [1.807, 2.05) is 6.07 Å². The molecular weight excluding hydrogens is 813 g/mol. The molecule has 67 heavy (non-hydrogen) atoms. The first-order chi connectivity index (χ1) is 33.2. The molecule has 1 heterocycles. The quantitative estimate of drug-likeness (QED) is 0.137. The molecule has 0 N–H and O–H groups in total. The lowest BCUT2D eigenvalue weighted by molar-refractivity contribution is 0.669. The maximum Gasteiger partial charge on any atom is 0.159 e. The highest BCUT2D eigenvalue weighted by Gasteiger charge is 2.25. The maximum atomic E-state index is 6.80. The molecule has 12 rings (SSSR count). The second kappa shape index (κ2) is 17.2. The average molecular weight is 857 g/mol. The van der Waals surface area contributed by atoms with Crippen molar-refractivity contribution < 1.29 is 4.42 Å². The lowest BCUT2D eigenvalue weighted by atomic mass is 9.97. The number of hydrogen-bond donors (Lipinski definition) is 0. The van der Waals surface area contributed by atoms with Crippen molar-refractivity contribution in [2.24, 2.45) is 0 Å². The Morgan fingerprint density at radius 3 is 1.40 bits per heavy atom. The zero-order valence-corrected chi connectivity index (χ0v) is 36.7. The summed E-state index contributed by atoms with van der Waals surface area (Å²) >= 11 is 0. The highest BCUT2D eigenvalue weighted by molar-refractivity contribution is 6.11. The van der Waals surface area contributed by atoms with E-state index >= 15 is 0 Å². The molecule has 0 saturated carbocycles. The topological polar surface area (TPSA) is 19.6 Å². The zero-order chi connectivity index (χ0) is 44.5. The van der Waals surface area contributed by atoms with Gasteiger partial charge >= 0.3 is 0 Å². The molecule has 0 aliphatic heterocycles. The van der Waals surface area contributed by atoms with E-state index in [4.69, 9.17) is 4.42 Å². The van der Waals surface area contributed by atoms with Gasteiger partial charge in [-0.05, 0) is 111 Å². The molecule has 0 amide bonds. The van der Waals surface area contributed by atoms with Gasteiger partial charge in [-0.1, -0.05) is 200 Å². The second-order valence-corrected chi connectivity index (χ2v) is 16.9. The van der Waals surface area contributed by atoms with Gasteiger partial charge in [-0.15, -0.1) is 0 Å². The summed E-state index contributed by atoms with van der Waals surface area (Å²) in [4.78, 5) is 4.79. The fourth-order valence-corrected chi connectivity index (χ4v) is 9.61. The van der Waals surface area contributed by atoms with Gasteiger partial charge in [0, 0.05) is 39.0 Å². The van der Waals surface area contributed by atoms with E-state index in [1.165, 1.54) is 33.0 Å². The summed E-state index contributed by atoms with van der Waals surface area (Å²) in [5.41, 5.74) is 17.1. The Bertz CT molecular complexity index is 3690. The van der Waals surface area contributed by atoms with Crippen LogP contribution in [0.2, 0.25) is 0 Å². The van der Waals surface area contributed by atoms with Crippen LogP contribution < -0.4 is 9.80 Å². The highest BCUT2D eigenvalue weighted by Crippen LogP contribution is 2.49. The minimum absolute atomic E-state index is 0.837.